The predicted molar refractivity (Wildman–Crippen MR) is 84.8 cm³/mol. The van der Waals surface area contributed by atoms with Crippen molar-refractivity contribution in [2.75, 3.05) is 17.3 Å². The van der Waals surface area contributed by atoms with E-state index in [1.165, 1.54) is 19.3 Å². The topological polar surface area (TPSA) is 85.1 Å². The molecule has 1 saturated carbocycles. The first-order chi connectivity index (χ1) is 10.1. The molecule has 2 rings (SSSR count). The van der Waals surface area contributed by atoms with Crippen LogP contribution >= 0.6 is 0 Å². The molecule has 0 aliphatic heterocycles. The fourth-order valence-electron chi connectivity index (χ4n) is 2.97. The van der Waals surface area contributed by atoms with Gasteiger partial charge in [0.05, 0.1) is 0 Å². The monoisotopic (exact) mass is 293 g/mol. The van der Waals surface area contributed by atoms with E-state index in [0.29, 0.717) is 36.8 Å². The Morgan fingerprint density at radius 2 is 2.05 bits per heavy atom. The molecule has 1 aliphatic rings. The van der Waals surface area contributed by atoms with Crippen LogP contribution in [0.5, 0.6) is 0 Å². The van der Waals surface area contributed by atoms with Crippen LogP contribution in [0.15, 0.2) is 6.07 Å². The molecule has 0 bridgehead atoms. The summed E-state index contributed by atoms with van der Waals surface area (Å²) in [5, 5.41) is 3.54. The zero-order valence-corrected chi connectivity index (χ0v) is 13.2. The molecule has 0 radical (unpaired) electrons. The summed E-state index contributed by atoms with van der Waals surface area (Å²) in [6, 6.07) is 2.31. The molecule has 6 nitrogen and oxygen atoms in total. The van der Waals surface area contributed by atoms with Crippen LogP contribution in [0, 0.1) is 11.8 Å². The van der Waals surface area contributed by atoms with Crippen LogP contribution in [0.3, 0.4) is 0 Å². The van der Waals surface area contributed by atoms with E-state index < -0.39 is 0 Å². The van der Waals surface area contributed by atoms with Gasteiger partial charge in [0.1, 0.15) is 18.2 Å². The highest BCUT2D eigenvalue weighted by atomic mass is 16.5. The van der Waals surface area contributed by atoms with Crippen molar-refractivity contribution in [1.82, 2.24) is 9.97 Å². The second-order valence-corrected chi connectivity index (χ2v) is 5.98. The van der Waals surface area contributed by atoms with Gasteiger partial charge in [-0.05, 0) is 38.0 Å². The lowest BCUT2D eigenvalue weighted by molar-refractivity contribution is 0.128. The van der Waals surface area contributed by atoms with E-state index in [9.17, 15) is 0 Å². The van der Waals surface area contributed by atoms with Crippen molar-refractivity contribution in [2.24, 2.45) is 17.7 Å². The minimum absolute atomic E-state index is 0.401. The van der Waals surface area contributed by atoms with Crippen LogP contribution in [0.2, 0.25) is 0 Å². The zero-order valence-electron chi connectivity index (χ0n) is 13.2. The van der Waals surface area contributed by atoms with Crippen LogP contribution in [0.1, 0.15) is 45.9 Å². The van der Waals surface area contributed by atoms with Gasteiger partial charge in [-0.2, -0.15) is 0 Å². The molecule has 118 valence electrons. The van der Waals surface area contributed by atoms with E-state index in [1.807, 2.05) is 13.0 Å². The molecule has 4 N–H and O–H groups in total. The summed E-state index contributed by atoms with van der Waals surface area (Å²) in [6.45, 7) is 7.63. The standard InChI is InChI=1S/C15H27N5O/c1-4-21-9-15-18-13(8-14(19-15)20-16)17-12-6-5-10(2)7-11(12)3/h8,10-12H,4-7,9,16H2,1-3H3,(H2,17,18,19,20). The Morgan fingerprint density at radius 1 is 1.29 bits per heavy atom. The van der Waals surface area contributed by atoms with Crippen molar-refractivity contribution < 1.29 is 4.74 Å². The predicted octanol–water partition coefficient (Wildman–Crippen LogP) is 2.54. The number of ether oxygens (including phenoxy) is 1. The smallest absolute Gasteiger partial charge is 0.158 e. The summed E-state index contributed by atoms with van der Waals surface area (Å²) in [7, 11) is 0. The minimum atomic E-state index is 0.401. The fourth-order valence-corrected chi connectivity index (χ4v) is 2.97. The van der Waals surface area contributed by atoms with E-state index in [-0.39, 0.29) is 0 Å². The highest BCUT2D eigenvalue weighted by molar-refractivity contribution is 5.47. The molecule has 21 heavy (non-hydrogen) atoms. The van der Waals surface area contributed by atoms with Gasteiger partial charge in [0, 0.05) is 18.7 Å². The van der Waals surface area contributed by atoms with Gasteiger partial charge in [0.15, 0.2) is 5.82 Å². The van der Waals surface area contributed by atoms with Gasteiger partial charge in [0.25, 0.3) is 0 Å². The van der Waals surface area contributed by atoms with E-state index in [0.717, 1.165) is 11.7 Å². The number of hydrazine groups is 1. The van der Waals surface area contributed by atoms with Crippen LogP contribution in [-0.4, -0.2) is 22.6 Å². The largest absolute Gasteiger partial charge is 0.374 e. The quantitative estimate of drug-likeness (QED) is 0.552. The third-order valence-corrected chi connectivity index (χ3v) is 4.12. The number of hydrogen-bond donors (Lipinski definition) is 3. The number of aromatic nitrogens is 2. The number of nitrogens with zero attached hydrogens (tertiary/aromatic N) is 2. The number of nitrogens with two attached hydrogens (primary N) is 1. The highest BCUT2D eigenvalue weighted by Crippen LogP contribution is 2.30. The molecule has 0 amide bonds. The molecule has 0 spiro atoms. The van der Waals surface area contributed by atoms with E-state index in [4.69, 9.17) is 10.6 Å². The van der Waals surface area contributed by atoms with E-state index >= 15 is 0 Å². The van der Waals surface area contributed by atoms with Gasteiger partial charge < -0.3 is 15.5 Å². The third-order valence-electron chi connectivity index (χ3n) is 4.12. The molecular formula is C15H27N5O. The Hall–Kier alpha value is -1.40. The highest BCUT2D eigenvalue weighted by Gasteiger charge is 2.25. The average Bonchev–Trinajstić information content (AvgIpc) is 2.48. The molecule has 1 aliphatic carbocycles. The average molecular weight is 293 g/mol. The summed E-state index contributed by atoms with van der Waals surface area (Å²) in [5.74, 6) is 9.02. The van der Waals surface area contributed by atoms with Crippen molar-refractivity contribution in [1.29, 1.82) is 0 Å². The molecule has 3 unspecified atom stereocenters. The van der Waals surface area contributed by atoms with Gasteiger partial charge in [-0.15, -0.1) is 0 Å². The molecule has 1 fully saturated rings. The fraction of sp³-hybridized carbons (Fsp3) is 0.733. The van der Waals surface area contributed by atoms with Crippen LogP contribution < -0.4 is 16.6 Å². The Balaban J connectivity index is 2.07. The summed E-state index contributed by atoms with van der Waals surface area (Å²) in [4.78, 5) is 8.83. The lowest BCUT2D eigenvalue weighted by Gasteiger charge is -2.33. The van der Waals surface area contributed by atoms with Gasteiger partial charge in [-0.3, -0.25) is 0 Å². The van der Waals surface area contributed by atoms with Crippen LogP contribution in [0.4, 0.5) is 11.6 Å². The second kappa shape index (κ2) is 7.56. The SMILES string of the molecule is CCOCc1nc(NN)cc(NC2CCC(C)CC2C)n1. The van der Waals surface area contributed by atoms with Crippen molar-refractivity contribution >= 4 is 11.6 Å². The molecular weight excluding hydrogens is 266 g/mol. The Labute approximate surface area is 126 Å². The number of anilines is 2. The van der Waals surface area contributed by atoms with Crippen LogP contribution in [-0.2, 0) is 11.3 Å². The zero-order chi connectivity index (χ0) is 15.2. The van der Waals surface area contributed by atoms with Crippen molar-refractivity contribution in [3.05, 3.63) is 11.9 Å². The van der Waals surface area contributed by atoms with Crippen molar-refractivity contribution in [3.8, 4) is 0 Å². The van der Waals surface area contributed by atoms with Gasteiger partial charge >= 0.3 is 0 Å². The van der Waals surface area contributed by atoms with Gasteiger partial charge in [-0.1, -0.05) is 13.8 Å². The number of nitrogens with one attached hydrogen (secondary N) is 2. The van der Waals surface area contributed by atoms with Crippen LogP contribution in [0.25, 0.3) is 0 Å². The maximum atomic E-state index is 5.49. The lowest BCUT2D eigenvalue weighted by atomic mass is 9.80. The number of hydrogen-bond acceptors (Lipinski definition) is 6. The number of rotatable bonds is 6. The maximum Gasteiger partial charge on any atom is 0.158 e. The van der Waals surface area contributed by atoms with Gasteiger partial charge in [-0.25, -0.2) is 15.8 Å². The van der Waals surface area contributed by atoms with E-state index in [2.05, 4.69) is 34.6 Å². The molecule has 1 aromatic rings. The van der Waals surface area contributed by atoms with E-state index in [1.54, 1.807) is 0 Å². The van der Waals surface area contributed by atoms with Crippen molar-refractivity contribution in [2.45, 2.75) is 52.7 Å². The molecule has 3 atom stereocenters. The normalized spacial score (nSPS) is 25.6. The molecule has 1 aromatic heterocycles. The summed E-state index contributed by atoms with van der Waals surface area (Å²) in [5.41, 5.74) is 2.59. The molecule has 1 heterocycles. The molecule has 6 heteroatoms. The lowest BCUT2D eigenvalue weighted by Crippen LogP contribution is -2.33. The summed E-state index contributed by atoms with van der Waals surface area (Å²) in [6.07, 6.45) is 3.70. The first-order valence-corrected chi connectivity index (χ1v) is 7.81. The summed E-state index contributed by atoms with van der Waals surface area (Å²) < 4.78 is 5.38. The Kier molecular flexibility index (Phi) is 5.76. The first kappa shape index (κ1) is 16.0. The van der Waals surface area contributed by atoms with Crippen molar-refractivity contribution in [3.63, 3.8) is 0 Å². The Morgan fingerprint density at radius 3 is 2.71 bits per heavy atom. The minimum Gasteiger partial charge on any atom is -0.374 e. The van der Waals surface area contributed by atoms with Gasteiger partial charge in [0.2, 0.25) is 0 Å². The number of nitrogen functional groups attached to an aromatic ring is 1. The maximum absolute atomic E-state index is 5.49. The third kappa shape index (κ3) is 4.54. The molecule has 0 aromatic carbocycles. The first-order valence-electron chi connectivity index (χ1n) is 7.81. The Bertz CT molecular complexity index is 454. The summed E-state index contributed by atoms with van der Waals surface area (Å²) >= 11 is 0. The second-order valence-electron chi connectivity index (χ2n) is 5.98. The molecule has 0 saturated heterocycles.